The molecule has 1 aliphatic rings. The first kappa shape index (κ1) is 19.3. The van der Waals surface area contributed by atoms with E-state index in [9.17, 15) is 16.8 Å². The highest BCUT2D eigenvalue weighted by Crippen LogP contribution is 2.28. The van der Waals surface area contributed by atoms with Gasteiger partial charge in [-0.2, -0.15) is 4.31 Å². The van der Waals surface area contributed by atoms with Gasteiger partial charge in [-0.25, -0.2) is 21.8 Å². The normalized spacial score (nSPS) is 23.2. The molecule has 2 heterocycles. The molecule has 0 radical (unpaired) electrons. The van der Waals surface area contributed by atoms with Gasteiger partial charge in [-0.15, -0.1) is 12.4 Å². The minimum Gasteiger partial charge on any atom is -0.330 e. The van der Waals surface area contributed by atoms with Crippen molar-refractivity contribution in [1.29, 1.82) is 0 Å². The van der Waals surface area contributed by atoms with Crippen molar-refractivity contribution in [2.24, 2.45) is 11.7 Å². The Labute approximate surface area is 137 Å². The van der Waals surface area contributed by atoms with Crippen LogP contribution in [0.4, 0.5) is 0 Å². The SMILES string of the molecule is CC1CC(CN)CN1S(=O)(=O)c1ccc(S(C)(=O)=O)nc1.Cl. The Morgan fingerprint density at radius 3 is 2.36 bits per heavy atom. The molecule has 0 saturated carbocycles. The zero-order valence-electron chi connectivity index (χ0n) is 12.3. The highest BCUT2D eigenvalue weighted by molar-refractivity contribution is 7.90. The molecule has 1 aromatic rings. The summed E-state index contributed by atoms with van der Waals surface area (Å²) in [5, 5.41) is -0.143. The summed E-state index contributed by atoms with van der Waals surface area (Å²) in [5.74, 6) is 0.151. The van der Waals surface area contributed by atoms with Crippen molar-refractivity contribution in [3.05, 3.63) is 18.3 Å². The Morgan fingerprint density at radius 2 is 1.95 bits per heavy atom. The van der Waals surface area contributed by atoms with E-state index in [0.717, 1.165) is 18.9 Å². The van der Waals surface area contributed by atoms with Crippen LogP contribution in [-0.2, 0) is 19.9 Å². The summed E-state index contributed by atoms with van der Waals surface area (Å²) >= 11 is 0. The summed E-state index contributed by atoms with van der Waals surface area (Å²) in [6, 6.07) is 2.36. The molecule has 2 N–H and O–H groups in total. The molecule has 1 aliphatic heterocycles. The van der Waals surface area contributed by atoms with Gasteiger partial charge in [0.05, 0.1) is 0 Å². The van der Waals surface area contributed by atoms with E-state index in [1.165, 1.54) is 16.4 Å². The molecule has 22 heavy (non-hydrogen) atoms. The van der Waals surface area contributed by atoms with Gasteiger partial charge in [-0.1, -0.05) is 0 Å². The van der Waals surface area contributed by atoms with Gasteiger partial charge in [-0.05, 0) is 37.9 Å². The molecule has 7 nitrogen and oxygen atoms in total. The zero-order chi connectivity index (χ0) is 15.8. The van der Waals surface area contributed by atoms with Gasteiger partial charge in [0.25, 0.3) is 0 Å². The predicted octanol–water partition coefficient (Wildman–Crippen LogP) is 0.265. The lowest BCUT2D eigenvalue weighted by Crippen LogP contribution is -2.34. The Bertz CT molecular complexity index is 719. The molecular formula is C12H20ClN3O4S2. The standard InChI is InChI=1S/C12H19N3O4S2.ClH/c1-9-5-10(6-13)8-15(9)21(18,19)11-3-4-12(14-7-11)20(2,16)17;/h3-4,7,9-10H,5-6,8,13H2,1-2H3;1H. The minimum absolute atomic E-state index is 0. The zero-order valence-corrected chi connectivity index (χ0v) is 14.8. The lowest BCUT2D eigenvalue weighted by molar-refractivity contribution is 0.404. The first-order valence-corrected chi connectivity index (χ1v) is 9.87. The van der Waals surface area contributed by atoms with E-state index in [1.807, 2.05) is 6.92 Å². The number of sulfonamides is 1. The number of nitrogens with two attached hydrogens (primary N) is 1. The van der Waals surface area contributed by atoms with Crippen molar-refractivity contribution in [2.45, 2.75) is 29.3 Å². The van der Waals surface area contributed by atoms with Crippen molar-refractivity contribution in [2.75, 3.05) is 19.3 Å². The fourth-order valence-electron chi connectivity index (χ4n) is 2.49. The van der Waals surface area contributed by atoms with Gasteiger partial charge >= 0.3 is 0 Å². The lowest BCUT2D eigenvalue weighted by Gasteiger charge is -2.20. The molecule has 2 atom stereocenters. The lowest BCUT2D eigenvalue weighted by atomic mass is 10.1. The number of aromatic nitrogens is 1. The first-order chi connectivity index (χ1) is 9.66. The highest BCUT2D eigenvalue weighted by Gasteiger charge is 2.37. The van der Waals surface area contributed by atoms with E-state index < -0.39 is 19.9 Å². The van der Waals surface area contributed by atoms with Crippen LogP contribution in [-0.4, -0.2) is 51.5 Å². The van der Waals surface area contributed by atoms with Crippen LogP contribution in [0.25, 0.3) is 0 Å². The first-order valence-electron chi connectivity index (χ1n) is 6.54. The van der Waals surface area contributed by atoms with Gasteiger partial charge in [0.1, 0.15) is 4.90 Å². The summed E-state index contributed by atoms with van der Waals surface area (Å²) in [4.78, 5) is 3.73. The molecule has 10 heteroatoms. The highest BCUT2D eigenvalue weighted by atomic mass is 35.5. The van der Waals surface area contributed by atoms with Crippen molar-refractivity contribution in [3.63, 3.8) is 0 Å². The number of halogens is 1. The minimum atomic E-state index is -3.67. The molecule has 2 unspecified atom stereocenters. The molecule has 0 bridgehead atoms. The molecule has 2 rings (SSSR count). The summed E-state index contributed by atoms with van der Waals surface area (Å²) in [6.45, 7) is 2.67. The molecule has 0 amide bonds. The third-order valence-corrected chi connectivity index (χ3v) is 6.60. The van der Waals surface area contributed by atoms with E-state index >= 15 is 0 Å². The quantitative estimate of drug-likeness (QED) is 0.815. The predicted molar refractivity (Wildman–Crippen MR) is 85.1 cm³/mol. The molecule has 126 valence electrons. The van der Waals surface area contributed by atoms with Crippen molar-refractivity contribution in [3.8, 4) is 0 Å². The monoisotopic (exact) mass is 369 g/mol. The van der Waals surface area contributed by atoms with Crippen LogP contribution in [0, 0.1) is 5.92 Å². The third-order valence-electron chi connectivity index (χ3n) is 3.63. The number of hydrogen-bond donors (Lipinski definition) is 1. The van der Waals surface area contributed by atoms with Crippen molar-refractivity contribution >= 4 is 32.3 Å². The van der Waals surface area contributed by atoms with Crippen LogP contribution >= 0.6 is 12.4 Å². The average Bonchev–Trinajstić information content (AvgIpc) is 2.80. The van der Waals surface area contributed by atoms with Crippen LogP contribution < -0.4 is 5.73 Å². The van der Waals surface area contributed by atoms with Gasteiger partial charge in [0.2, 0.25) is 10.0 Å². The van der Waals surface area contributed by atoms with Gasteiger partial charge in [0.15, 0.2) is 14.9 Å². The van der Waals surface area contributed by atoms with Crippen LogP contribution in [0.15, 0.2) is 28.3 Å². The summed E-state index contributed by atoms with van der Waals surface area (Å²) in [6.07, 6.45) is 2.84. The molecule has 0 aliphatic carbocycles. The maximum atomic E-state index is 12.6. The fourth-order valence-corrected chi connectivity index (χ4v) is 4.71. The maximum absolute atomic E-state index is 12.6. The summed E-state index contributed by atoms with van der Waals surface area (Å²) < 4.78 is 49.2. The fraction of sp³-hybridized carbons (Fsp3) is 0.583. The van der Waals surface area contributed by atoms with Crippen molar-refractivity contribution in [1.82, 2.24) is 9.29 Å². The van der Waals surface area contributed by atoms with E-state index in [2.05, 4.69) is 4.98 Å². The maximum Gasteiger partial charge on any atom is 0.244 e. The summed E-state index contributed by atoms with van der Waals surface area (Å²) in [7, 11) is -7.12. The molecule has 1 saturated heterocycles. The van der Waals surface area contributed by atoms with E-state index in [4.69, 9.17) is 5.73 Å². The molecule has 1 fully saturated rings. The number of sulfone groups is 1. The second-order valence-corrected chi connectivity index (χ2v) is 9.22. The number of nitrogens with zero attached hydrogens (tertiary/aromatic N) is 2. The largest absolute Gasteiger partial charge is 0.330 e. The summed E-state index contributed by atoms with van der Waals surface area (Å²) in [5.41, 5.74) is 5.61. The molecular weight excluding hydrogens is 350 g/mol. The van der Waals surface area contributed by atoms with Gasteiger partial charge < -0.3 is 5.73 Å². The Morgan fingerprint density at radius 1 is 1.32 bits per heavy atom. The van der Waals surface area contributed by atoms with Gasteiger partial charge in [0, 0.05) is 25.0 Å². The van der Waals surface area contributed by atoms with Crippen LogP contribution in [0.5, 0.6) is 0 Å². The Kier molecular flexibility index (Phi) is 5.96. The van der Waals surface area contributed by atoms with Crippen molar-refractivity contribution < 1.29 is 16.8 Å². The molecule has 0 aromatic carbocycles. The Balaban J connectivity index is 0.00000242. The van der Waals surface area contributed by atoms with E-state index in [1.54, 1.807) is 0 Å². The third kappa shape index (κ3) is 3.77. The molecule has 0 spiro atoms. The van der Waals surface area contributed by atoms with Gasteiger partial charge in [-0.3, -0.25) is 0 Å². The van der Waals surface area contributed by atoms with Crippen LogP contribution in [0.2, 0.25) is 0 Å². The molecule has 1 aromatic heterocycles. The van der Waals surface area contributed by atoms with E-state index in [-0.39, 0.29) is 34.3 Å². The second-order valence-electron chi connectivity index (χ2n) is 5.37. The smallest absolute Gasteiger partial charge is 0.244 e. The van der Waals surface area contributed by atoms with Crippen LogP contribution in [0.3, 0.4) is 0 Å². The topological polar surface area (TPSA) is 110 Å². The second kappa shape index (κ2) is 6.79. The number of pyridine rings is 1. The Hall–Kier alpha value is -0.740. The number of rotatable bonds is 4. The van der Waals surface area contributed by atoms with E-state index in [0.29, 0.717) is 13.1 Å². The number of hydrogen-bond acceptors (Lipinski definition) is 6. The average molecular weight is 370 g/mol. The van der Waals surface area contributed by atoms with Crippen LogP contribution in [0.1, 0.15) is 13.3 Å².